The molecule has 148 valence electrons. The fourth-order valence-corrected chi connectivity index (χ4v) is 4.28. The molecule has 28 heavy (non-hydrogen) atoms. The maximum atomic E-state index is 13.0. The number of nitrogens with zero attached hydrogens (tertiary/aromatic N) is 3. The number of ether oxygens (including phenoxy) is 1. The van der Waals surface area contributed by atoms with Gasteiger partial charge in [0, 0.05) is 30.2 Å². The minimum atomic E-state index is -3.95. The number of morpholine rings is 1. The van der Waals surface area contributed by atoms with Crippen LogP contribution in [0.5, 0.6) is 0 Å². The number of halogens is 1. The molecule has 0 unspecified atom stereocenters. The highest BCUT2D eigenvalue weighted by Gasteiger charge is 2.30. The van der Waals surface area contributed by atoms with Gasteiger partial charge in [-0.25, -0.2) is 8.42 Å². The number of rotatable bonds is 6. The molecule has 2 aromatic rings. The lowest BCUT2D eigenvalue weighted by Gasteiger charge is -2.26. The Labute approximate surface area is 166 Å². The third-order valence-corrected chi connectivity index (χ3v) is 6.22. The number of nitro groups is 1. The molecule has 0 amide bonds. The van der Waals surface area contributed by atoms with Crippen LogP contribution in [0, 0.1) is 10.1 Å². The summed E-state index contributed by atoms with van der Waals surface area (Å²) in [7, 11) is -3.95. The van der Waals surface area contributed by atoms with Gasteiger partial charge in [-0.15, -0.1) is 0 Å². The highest BCUT2D eigenvalue weighted by molar-refractivity contribution is 7.89. The van der Waals surface area contributed by atoms with E-state index in [1.54, 1.807) is 24.3 Å². The Hall–Kier alpha value is -2.53. The highest BCUT2D eigenvalue weighted by atomic mass is 35.5. The van der Waals surface area contributed by atoms with Crippen molar-refractivity contribution >= 4 is 39.2 Å². The van der Waals surface area contributed by atoms with Crippen LogP contribution in [0.4, 0.5) is 11.4 Å². The maximum absolute atomic E-state index is 13.0. The van der Waals surface area contributed by atoms with Crippen molar-refractivity contribution in [2.75, 3.05) is 31.7 Å². The molecule has 1 N–H and O–H groups in total. The van der Waals surface area contributed by atoms with E-state index in [1.165, 1.54) is 22.7 Å². The standard InChI is InChI=1S/C17H17ClN4O5S/c18-14-3-1-13(2-4-14)12-19-20-16-6-5-15(22(23)24)11-17(16)28(25,26)21-7-9-27-10-8-21/h1-6,11-12,20H,7-10H2/b19-12-. The summed E-state index contributed by atoms with van der Waals surface area (Å²) in [5.74, 6) is 0. The number of hydrazone groups is 1. The fourth-order valence-electron chi connectivity index (χ4n) is 2.58. The van der Waals surface area contributed by atoms with Crippen LogP contribution >= 0.6 is 11.6 Å². The number of benzene rings is 2. The largest absolute Gasteiger partial charge is 0.379 e. The van der Waals surface area contributed by atoms with Crippen molar-refractivity contribution in [3.8, 4) is 0 Å². The Kier molecular flexibility index (Phi) is 6.25. The number of non-ortho nitro benzene ring substituents is 1. The van der Waals surface area contributed by atoms with Crippen molar-refractivity contribution in [2.24, 2.45) is 5.10 Å². The van der Waals surface area contributed by atoms with E-state index < -0.39 is 14.9 Å². The van der Waals surface area contributed by atoms with Crippen molar-refractivity contribution in [3.63, 3.8) is 0 Å². The van der Waals surface area contributed by atoms with Crippen LogP contribution in [0.2, 0.25) is 5.02 Å². The van der Waals surface area contributed by atoms with Crippen molar-refractivity contribution in [1.82, 2.24) is 4.31 Å². The van der Waals surface area contributed by atoms with Crippen LogP contribution < -0.4 is 5.43 Å². The summed E-state index contributed by atoms with van der Waals surface area (Å²) in [4.78, 5) is 10.3. The third-order valence-electron chi connectivity index (χ3n) is 4.03. The highest BCUT2D eigenvalue weighted by Crippen LogP contribution is 2.29. The maximum Gasteiger partial charge on any atom is 0.270 e. The smallest absolute Gasteiger partial charge is 0.270 e. The molecule has 0 aromatic heterocycles. The first kappa shape index (κ1) is 20.2. The molecule has 9 nitrogen and oxygen atoms in total. The summed E-state index contributed by atoms with van der Waals surface area (Å²) in [5.41, 5.74) is 3.23. The molecule has 1 heterocycles. The van der Waals surface area contributed by atoms with Gasteiger partial charge in [0.25, 0.3) is 5.69 Å². The molecule has 1 fully saturated rings. The minimum Gasteiger partial charge on any atom is -0.379 e. The van der Waals surface area contributed by atoms with Gasteiger partial charge in [0.2, 0.25) is 10.0 Å². The predicted octanol–water partition coefficient (Wildman–Crippen LogP) is 2.72. The van der Waals surface area contributed by atoms with E-state index in [-0.39, 0.29) is 42.6 Å². The van der Waals surface area contributed by atoms with Crippen molar-refractivity contribution < 1.29 is 18.1 Å². The Morgan fingerprint density at radius 3 is 2.50 bits per heavy atom. The van der Waals surface area contributed by atoms with Crippen molar-refractivity contribution in [2.45, 2.75) is 4.90 Å². The summed E-state index contributed by atoms with van der Waals surface area (Å²) < 4.78 is 32.4. The van der Waals surface area contributed by atoms with E-state index in [2.05, 4.69) is 10.5 Å². The zero-order valence-corrected chi connectivity index (χ0v) is 16.2. The Bertz CT molecular complexity index is 989. The van der Waals surface area contributed by atoms with E-state index in [0.29, 0.717) is 5.02 Å². The zero-order chi connectivity index (χ0) is 20.1. The second-order valence-corrected chi connectivity index (χ2v) is 8.22. The van der Waals surface area contributed by atoms with Gasteiger partial charge in [0.05, 0.1) is 30.0 Å². The van der Waals surface area contributed by atoms with E-state index in [1.807, 2.05) is 0 Å². The van der Waals surface area contributed by atoms with Gasteiger partial charge >= 0.3 is 0 Å². The van der Waals surface area contributed by atoms with E-state index in [0.717, 1.165) is 11.6 Å². The van der Waals surface area contributed by atoms with Crippen LogP contribution in [0.3, 0.4) is 0 Å². The summed E-state index contributed by atoms with van der Waals surface area (Å²) in [5, 5.41) is 15.7. The number of hydrogen-bond acceptors (Lipinski definition) is 7. The van der Waals surface area contributed by atoms with E-state index in [4.69, 9.17) is 16.3 Å². The molecular weight excluding hydrogens is 408 g/mol. The quantitative estimate of drug-likeness (QED) is 0.433. The topological polar surface area (TPSA) is 114 Å². The van der Waals surface area contributed by atoms with Gasteiger partial charge in [-0.2, -0.15) is 9.41 Å². The lowest BCUT2D eigenvalue weighted by molar-refractivity contribution is -0.385. The van der Waals surface area contributed by atoms with Gasteiger partial charge in [-0.3, -0.25) is 15.5 Å². The molecule has 0 bridgehead atoms. The molecule has 0 aliphatic carbocycles. The summed E-state index contributed by atoms with van der Waals surface area (Å²) in [6.45, 7) is 0.897. The van der Waals surface area contributed by atoms with Gasteiger partial charge < -0.3 is 4.74 Å². The first-order valence-electron chi connectivity index (χ1n) is 8.29. The number of nitrogens with one attached hydrogen (secondary N) is 1. The number of sulfonamides is 1. The molecule has 0 atom stereocenters. The number of hydrogen-bond donors (Lipinski definition) is 1. The van der Waals surface area contributed by atoms with E-state index >= 15 is 0 Å². The monoisotopic (exact) mass is 424 g/mol. The first-order chi connectivity index (χ1) is 13.4. The predicted molar refractivity (Wildman–Crippen MR) is 105 cm³/mol. The SMILES string of the molecule is O=[N+]([O-])c1ccc(N/N=C\c2ccc(Cl)cc2)c(S(=O)(=O)N2CCOCC2)c1. The Morgan fingerprint density at radius 2 is 1.86 bits per heavy atom. The van der Waals surface area contributed by atoms with Crippen LogP contribution in [0.25, 0.3) is 0 Å². The van der Waals surface area contributed by atoms with Crippen molar-refractivity contribution in [3.05, 3.63) is 63.2 Å². The average Bonchev–Trinajstić information content (AvgIpc) is 2.70. The minimum absolute atomic E-state index is 0.141. The molecule has 1 aliphatic heterocycles. The third kappa shape index (κ3) is 4.65. The van der Waals surface area contributed by atoms with Crippen LogP contribution in [0.1, 0.15) is 5.56 Å². The zero-order valence-electron chi connectivity index (χ0n) is 14.6. The average molecular weight is 425 g/mol. The molecule has 1 aliphatic rings. The molecule has 1 saturated heterocycles. The van der Waals surface area contributed by atoms with Crippen LogP contribution in [-0.2, 0) is 14.8 Å². The van der Waals surface area contributed by atoms with E-state index in [9.17, 15) is 18.5 Å². The molecular formula is C17H17ClN4O5S. The molecule has 11 heteroatoms. The summed E-state index contributed by atoms with van der Waals surface area (Å²) in [6, 6.07) is 10.5. The fraction of sp³-hybridized carbons (Fsp3) is 0.235. The Morgan fingerprint density at radius 1 is 1.18 bits per heavy atom. The van der Waals surface area contributed by atoms with Crippen LogP contribution in [0.15, 0.2) is 52.5 Å². The van der Waals surface area contributed by atoms with Crippen LogP contribution in [-0.4, -0.2) is 50.2 Å². The van der Waals surface area contributed by atoms with Gasteiger partial charge in [0.15, 0.2) is 0 Å². The Balaban J connectivity index is 1.91. The van der Waals surface area contributed by atoms with Crippen molar-refractivity contribution in [1.29, 1.82) is 0 Å². The lowest BCUT2D eigenvalue weighted by atomic mass is 10.2. The number of nitro benzene ring substituents is 1. The number of anilines is 1. The lowest BCUT2D eigenvalue weighted by Crippen LogP contribution is -2.40. The summed E-state index contributed by atoms with van der Waals surface area (Å²) in [6.07, 6.45) is 1.49. The normalized spacial score (nSPS) is 15.6. The van der Waals surface area contributed by atoms with Gasteiger partial charge in [0.1, 0.15) is 4.90 Å². The van der Waals surface area contributed by atoms with Gasteiger partial charge in [-0.1, -0.05) is 23.7 Å². The second-order valence-electron chi connectivity index (χ2n) is 5.88. The molecule has 0 spiro atoms. The molecule has 3 rings (SSSR count). The first-order valence-corrected chi connectivity index (χ1v) is 10.1. The van der Waals surface area contributed by atoms with Gasteiger partial charge in [-0.05, 0) is 23.8 Å². The molecule has 0 saturated carbocycles. The second kappa shape index (κ2) is 8.65. The molecule has 2 aromatic carbocycles. The summed E-state index contributed by atoms with van der Waals surface area (Å²) >= 11 is 5.83. The molecule has 0 radical (unpaired) electrons.